The van der Waals surface area contributed by atoms with Gasteiger partial charge in [-0.25, -0.2) is 0 Å². The third-order valence-corrected chi connectivity index (χ3v) is 7.02. The average molecular weight is 344 g/mol. The van der Waals surface area contributed by atoms with E-state index in [2.05, 4.69) is 58.6 Å². The van der Waals surface area contributed by atoms with E-state index < -0.39 is 0 Å². The first-order valence-electron chi connectivity index (χ1n) is 6.20. The lowest BCUT2D eigenvalue weighted by atomic mass is 9.83. The smallest absolute Gasteiger partial charge is 0.0401 e. The largest absolute Gasteiger partial charge is 0.153 e. The summed E-state index contributed by atoms with van der Waals surface area (Å²) >= 11 is 4.90. The molecule has 0 radical (unpaired) electrons. The van der Waals surface area contributed by atoms with Crippen molar-refractivity contribution in [3.05, 3.63) is 35.4 Å². The number of hydrogen-bond donors (Lipinski definition) is 0. The molecule has 1 aliphatic carbocycles. The summed E-state index contributed by atoms with van der Waals surface area (Å²) in [4.78, 5) is 0. The van der Waals surface area contributed by atoms with Crippen LogP contribution in [0.5, 0.6) is 0 Å². The number of halogens is 1. The van der Waals surface area contributed by atoms with Gasteiger partial charge in [-0.3, -0.25) is 0 Å². The van der Waals surface area contributed by atoms with Gasteiger partial charge in [0.05, 0.1) is 0 Å². The molecule has 2 aliphatic rings. The van der Waals surface area contributed by atoms with E-state index in [-0.39, 0.29) is 0 Å². The maximum Gasteiger partial charge on any atom is 0.0401 e. The van der Waals surface area contributed by atoms with Crippen LogP contribution in [0, 0.1) is 5.92 Å². The Morgan fingerprint density at radius 3 is 2.88 bits per heavy atom. The molecule has 0 saturated heterocycles. The fraction of sp³-hybridized carbons (Fsp3) is 0.571. The topological polar surface area (TPSA) is 0 Å². The molecular formula is C14H17IS. The Balaban J connectivity index is 1.96. The van der Waals surface area contributed by atoms with Crippen LogP contribution in [0.2, 0.25) is 0 Å². The van der Waals surface area contributed by atoms with Gasteiger partial charge in [-0.15, -0.1) is 0 Å². The zero-order valence-corrected chi connectivity index (χ0v) is 12.3. The van der Waals surface area contributed by atoms with Crippen molar-refractivity contribution >= 4 is 34.4 Å². The Kier molecular flexibility index (Phi) is 3.48. The van der Waals surface area contributed by atoms with E-state index in [4.69, 9.17) is 0 Å². The molecule has 2 heteroatoms. The van der Waals surface area contributed by atoms with E-state index in [1.807, 2.05) is 0 Å². The number of fused-ring (bicyclic) bond motifs is 2. The summed E-state index contributed by atoms with van der Waals surface area (Å²) in [6.07, 6.45) is 5.79. The van der Waals surface area contributed by atoms with Gasteiger partial charge in [-0.2, -0.15) is 11.8 Å². The quantitative estimate of drug-likeness (QED) is 0.473. The van der Waals surface area contributed by atoms with E-state index in [1.54, 1.807) is 11.1 Å². The molecule has 1 heterocycles. The lowest BCUT2D eigenvalue weighted by Crippen LogP contribution is -2.24. The predicted octanol–water partition coefficient (Wildman–Crippen LogP) is 4.97. The fourth-order valence-electron chi connectivity index (χ4n) is 3.03. The first-order chi connectivity index (χ1) is 7.86. The average Bonchev–Trinajstić information content (AvgIpc) is 2.49. The third-order valence-electron chi connectivity index (χ3n) is 3.93. The molecule has 0 aromatic heterocycles. The van der Waals surface area contributed by atoms with Gasteiger partial charge in [0.15, 0.2) is 0 Å². The zero-order chi connectivity index (χ0) is 11.0. The van der Waals surface area contributed by atoms with E-state index in [9.17, 15) is 0 Å². The maximum absolute atomic E-state index is 2.69. The normalized spacial score (nSPS) is 33.7. The van der Waals surface area contributed by atoms with Gasteiger partial charge in [0.1, 0.15) is 0 Å². The van der Waals surface area contributed by atoms with Crippen molar-refractivity contribution in [1.29, 1.82) is 0 Å². The van der Waals surface area contributed by atoms with Crippen LogP contribution in [0.3, 0.4) is 0 Å². The Labute approximate surface area is 116 Å². The summed E-state index contributed by atoms with van der Waals surface area (Å²) in [6, 6.07) is 9.07. The second-order valence-electron chi connectivity index (χ2n) is 4.90. The van der Waals surface area contributed by atoms with Crippen LogP contribution in [-0.2, 0) is 5.75 Å². The highest BCUT2D eigenvalue weighted by atomic mass is 127. The standard InChI is InChI=1S/C14H17IS/c15-14-11-6-2-1-5-10(11)9-16-13-8-4-3-7-12(13)14/h1-2,5-6,12-14H,3-4,7-9H2. The Bertz CT molecular complexity index is 377. The van der Waals surface area contributed by atoms with Crippen molar-refractivity contribution in [3.63, 3.8) is 0 Å². The summed E-state index contributed by atoms with van der Waals surface area (Å²) in [6.45, 7) is 0. The summed E-state index contributed by atoms with van der Waals surface area (Å²) in [5.74, 6) is 2.15. The molecular weight excluding hydrogens is 327 g/mol. The minimum absolute atomic E-state index is 0.745. The van der Waals surface area contributed by atoms with Crippen LogP contribution in [0.15, 0.2) is 24.3 Å². The Morgan fingerprint density at radius 1 is 1.12 bits per heavy atom. The molecule has 0 bridgehead atoms. The van der Waals surface area contributed by atoms with Gasteiger partial charge in [0, 0.05) is 14.9 Å². The molecule has 1 aliphatic heterocycles. The molecule has 1 saturated carbocycles. The SMILES string of the molecule is IC1c2ccccc2CSC2CCCCC21. The van der Waals surface area contributed by atoms with E-state index in [1.165, 1.54) is 31.4 Å². The third kappa shape index (κ3) is 2.03. The lowest BCUT2D eigenvalue weighted by Gasteiger charge is -2.32. The first-order valence-corrected chi connectivity index (χ1v) is 8.49. The Hall–Kier alpha value is 0.300. The minimum atomic E-state index is 0.745. The minimum Gasteiger partial charge on any atom is -0.153 e. The number of rotatable bonds is 0. The van der Waals surface area contributed by atoms with Crippen LogP contribution in [-0.4, -0.2) is 5.25 Å². The highest BCUT2D eigenvalue weighted by molar-refractivity contribution is 14.1. The van der Waals surface area contributed by atoms with Gasteiger partial charge in [0.2, 0.25) is 0 Å². The molecule has 3 rings (SSSR count). The predicted molar refractivity (Wildman–Crippen MR) is 80.2 cm³/mol. The van der Waals surface area contributed by atoms with Crippen LogP contribution in [0.25, 0.3) is 0 Å². The molecule has 86 valence electrons. The van der Waals surface area contributed by atoms with E-state index in [0.29, 0.717) is 0 Å². The molecule has 1 aromatic carbocycles. The highest BCUT2D eigenvalue weighted by Crippen LogP contribution is 2.49. The van der Waals surface area contributed by atoms with Crippen LogP contribution in [0.1, 0.15) is 40.7 Å². The van der Waals surface area contributed by atoms with Crippen molar-refractivity contribution in [1.82, 2.24) is 0 Å². The zero-order valence-electron chi connectivity index (χ0n) is 9.36. The maximum atomic E-state index is 2.69. The van der Waals surface area contributed by atoms with Gasteiger partial charge in [0.25, 0.3) is 0 Å². The summed E-state index contributed by atoms with van der Waals surface area (Å²) < 4.78 is 0.745. The number of hydrogen-bond acceptors (Lipinski definition) is 1. The van der Waals surface area contributed by atoms with Crippen LogP contribution < -0.4 is 0 Å². The van der Waals surface area contributed by atoms with Gasteiger partial charge in [-0.05, 0) is 29.9 Å². The molecule has 1 fully saturated rings. The summed E-state index contributed by atoms with van der Waals surface area (Å²) in [5, 5.41) is 0.919. The molecule has 0 N–H and O–H groups in total. The monoisotopic (exact) mass is 344 g/mol. The van der Waals surface area contributed by atoms with Crippen molar-refractivity contribution < 1.29 is 0 Å². The molecule has 16 heavy (non-hydrogen) atoms. The fourth-order valence-corrected chi connectivity index (χ4v) is 6.31. The highest BCUT2D eigenvalue weighted by Gasteiger charge is 2.34. The van der Waals surface area contributed by atoms with Gasteiger partial charge >= 0.3 is 0 Å². The number of thioether (sulfide) groups is 1. The Morgan fingerprint density at radius 2 is 1.94 bits per heavy atom. The van der Waals surface area contributed by atoms with Crippen molar-refractivity contribution in [3.8, 4) is 0 Å². The molecule has 0 amide bonds. The molecule has 0 spiro atoms. The molecule has 0 nitrogen and oxygen atoms in total. The summed E-state index contributed by atoms with van der Waals surface area (Å²) in [5.41, 5.74) is 3.20. The number of alkyl halides is 1. The molecule has 3 atom stereocenters. The second-order valence-corrected chi connectivity index (χ2v) is 7.47. The summed E-state index contributed by atoms with van der Waals surface area (Å²) in [7, 11) is 0. The number of benzene rings is 1. The van der Waals surface area contributed by atoms with Gasteiger partial charge in [-0.1, -0.05) is 59.7 Å². The lowest BCUT2D eigenvalue weighted by molar-refractivity contribution is 0.372. The van der Waals surface area contributed by atoms with E-state index in [0.717, 1.165) is 15.1 Å². The van der Waals surface area contributed by atoms with E-state index >= 15 is 0 Å². The molecule has 1 aromatic rings. The van der Waals surface area contributed by atoms with Crippen molar-refractivity contribution in [2.24, 2.45) is 5.92 Å². The van der Waals surface area contributed by atoms with Crippen LogP contribution in [0.4, 0.5) is 0 Å². The van der Waals surface area contributed by atoms with Gasteiger partial charge < -0.3 is 0 Å². The van der Waals surface area contributed by atoms with Crippen molar-refractivity contribution in [2.45, 2.75) is 40.6 Å². The first kappa shape index (κ1) is 11.4. The molecule has 3 unspecified atom stereocenters. The van der Waals surface area contributed by atoms with Crippen molar-refractivity contribution in [2.75, 3.05) is 0 Å². The second kappa shape index (κ2) is 4.89. The van der Waals surface area contributed by atoms with Crippen LogP contribution >= 0.6 is 34.4 Å².